The van der Waals surface area contributed by atoms with Crippen molar-refractivity contribution in [2.45, 2.75) is 18.8 Å². The van der Waals surface area contributed by atoms with Gasteiger partial charge in [0.25, 0.3) is 0 Å². The zero-order valence-corrected chi connectivity index (χ0v) is 12.9. The van der Waals surface area contributed by atoms with Crippen molar-refractivity contribution in [1.82, 2.24) is 0 Å². The Bertz CT molecular complexity index is 511. The molecule has 0 N–H and O–H groups in total. The molecule has 1 aromatic rings. The van der Waals surface area contributed by atoms with E-state index in [2.05, 4.69) is 4.74 Å². The van der Waals surface area contributed by atoms with Crippen LogP contribution in [0.4, 0.5) is 0 Å². The molecule has 0 bridgehead atoms. The predicted octanol–water partition coefficient (Wildman–Crippen LogP) is 1.69. The lowest BCUT2D eigenvalue weighted by Gasteiger charge is -2.23. The summed E-state index contributed by atoms with van der Waals surface area (Å²) < 4.78 is 14.2. The number of rotatable bonds is 7. The van der Waals surface area contributed by atoms with E-state index in [9.17, 15) is 14.4 Å². The third kappa shape index (κ3) is 4.58. The van der Waals surface area contributed by atoms with Crippen LogP contribution in [0.5, 0.6) is 0 Å². The van der Waals surface area contributed by atoms with Gasteiger partial charge in [0.2, 0.25) is 0 Å². The van der Waals surface area contributed by atoms with Crippen LogP contribution in [0.1, 0.15) is 24.3 Å². The molecule has 1 rings (SSSR count). The van der Waals surface area contributed by atoms with Crippen molar-refractivity contribution in [3.63, 3.8) is 0 Å². The molecule has 2 unspecified atom stereocenters. The first-order chi connectivity index (χ1) is 10.5. The minimum Gasteiger partial charge on any atom is -0.469 e. The molecule has 0 heterocycles. The van der Waals surface area contributed by atoms with Gasteiger partial charge in [0.1, 0.15) is 0 Å². The van der Waals surface area contributed by atoms with Crippen molar-refractivity contribution in [3.8, 4) is 0 Å². The molecule has 0 amide bonds. The summed E-state index contributed by atoms with van der Waals surface area (Å²) in [6.07, 6.45) is 0.143. The fourth-order valence-electron chi connectivity index (χ4n) is 2.27. The number of ether oxygens (including phenoxy) is 3. The first-order valence-corrected chi connectivity index (χ1v) is 6.82. The Hall–Kier alpha value is -2.37. The summed E-state index contributed by atoms with van der Waals surface area (Å²) in [5, 5.41) is 0. The van der Waals surface area contributed by atoms with Crippen molar-refractivity contribution in [2.75, 3.05) is 21.3 Å². The first-order valence-electron chi connectivity index (χ1n) is 6.82. The molecule has 0 saturated carbocycles. The van der Waals surface area contributed by atoms with Crippen LogP contribution in [0.2, 0.25) is 0 Å². The average Bonchev–Trinajstić information content (AvgIpc) is 2.57. The fourth-order valence-corrected chi connectivity index (χ4v) is 2.27. The molecule has 0 aromatic heterocycles. The summed E-state index contributed by atoms with van der Waals surface area (Å²) in [7, 11) is 3.77. The molecule has 6 heteroatoms. The lowest BCUT2D eigenvalue weighted by molar-refractivity contribution is -0.155. The molecular weight excluding hydrogens is 288 g/mol. The molecule has 22 heavy (non-hydrogen) atoms. The maximum absolute atomic E-state index is 12.1. The van der Waals surface area contributed by atoms with Gasteiger partial charge in [0.15, 0.2) is 0 Å². The minimum atomic E-state index is -0.830. The third-order valence-corrected chi connectivity index (χ3v) is 3.41. The molecule has 0 fully saturated rings. The summed E-state index contributed by atoms with van der Waals surface area (Å²) in [4.78, 5) is 35.5. The molecule has 0 spiro atoms. The normalized spacial score (nSPS) is 12.9. The van der Waals surface area contributed by atoms with Crippen LogP contribution in [0.15, 0.2) is 30.3 Å². The number of methoxy groups -OCH3 is 3. The van der Waals surface area contributed by atoms with Crippen molar-refractivity contribution in [3.05, 3.63) is 35.9 Å². The SMILES string of the molecule is COC(=O)CCC(C(=O)OC)C(C(=O)OC)c1ccccc1. The van der Waals surface area contributed by atoms with E-state index in [1.807, 2.05) is 0 Å². The Balaban J connectivity index is 3.10. The lowest BCUT2D eigenvalue weighted by atomic mass is 9.83. The van der Waals surface area contributed by atoms with Crippen LogP contribution in [0, 0.1) is 5.92 Å². The molecule has 0 saturated heterocycles. The van der Waals surface area contributed by atoms with E-state index >= 15 is 0 Å². The summed E-state index contributed by atoms with van der Waals surface area (Å²) in [6.45, 7) is 0. The van der Waals surface area contributed by atoms with Gasteiger partial charge in [0.05, 0.1) is 33.2 Å². The topological polar surface area (TPSA) is 78.9 Å². The Morgan fingerprint density at radius 3 is 2.00 bits per heavy atom. The van der Waals surface area contributed by atoms with Crippen molar-refractivity contribution >= 4 is 17.9 Å². The maximum atomic E-state index is 12.1. The number of hydrogen-bond acceptors (Lipinski definition) is 6. The average molecular weight is 308 g/mol. The Morgan fingerprint density at radius 1 is 0.909 bits per heavy atom. The second-order valence-corrected chi connectivity index (χ2v) is 4.66. The highest BCUT2D eigenvalue weighted by atomic mass is 16.5. The molecule has 1 aromatic carbocycles. The Kier molecular flexibility index (Phi) is 7.08. The maximum Gasteiger partial charge on any atom is 0.314 e. The molecule has 120 valence electrons. The molecule has 6 nitrogen and oxygen atoms in total. The first kappa shape index (κ1) is 17.7. The highest BCUT2D eigenvalue weighted by molar-refractivity contribution is 5.86. The standard InChI is InChI=1S/C16H20O6/c1-20-13(17)10-9-12(15(18)21-2)14(16(19)22-3)11-7-5-4-6-8-11/h4-8,12,14H,9-10H2,1-3H3. The zero-order valence-electron chi connectivity index (χ0n) is 12.9. The van der Waals surface area contributed by atoms with E-state index in [4.69, 9.17) is 9.47 Å². The molecule has 0 aliphatic carbocycles. The fraction of sp³-hybridized carbons (Fsp3) is 0.438. The van der Waals surface area contributed by atoms with Crippen LogP contribution in [-0.2, 0) is 28.6 Å². The summed E-state index contributed by atoms with van der Waals surface area (Å²) in [6, 6.07) is 8.80. The largest absolute Gasteiger partial charge is 0.469 e. The highest BCUT2D eigenvalue weighted by Crippen LogP contribution is 2.30. The van der Waals surface area contributed by atoms with E-state index < -0.39 is 29.7 Å². The number of carbonyl (C=O) groups is 3. The van der Waals surface area contributed by atoms with Gasteiger partial charge in [-0.25, -0.2) is 0 Å². The number of hydrogen-bond donors (Lipinski definition) is 0. The van der Waals surface area contributed by atoms with Gasteiger partial charge >= 0.3 is 17.9 Å². The van der Waals surface area contributed by atoms with Crippen molar-refractivity contribution < 1.29 is 28.6 Å². The summed E-state index contributed by atoms with van der Waals surface area (Å²) in [5.74, 6) is -3.22. The van der Waals surface area contributed by atoms with Gasteiger partial charge in [0, 0.05) is 6.42 Å². The van der Waals surface area contributed by atoms with E-state index in [0.717, 1.165) is 0 Å². The van der Waals surface area contributed by atoms with E-state index in [1.54, 1.807) is 30.3 Å². The van der Waals surface area contributed by atoms with Gasteiger partial charge in [-0.05, 0) is 12.0 Å². The number of esters is 3. The van der Waals surface area contributed by atoms with Crippen LogP contribution < -0.4 is 0 Å². The summed E-state index contributed by atoms with van der Waals surface area (Å²) >= 11 is 0. The summed E-state index contributed by atoms with van der Waals surface area (Å²) in [5.41, 5.74) is 0.634. The number of benzene rings is 1. The minimum absolute atomic E-state index is 0.0105. The smallest absolute Gasteiger partial charge is 0.314 e. The van der Waals surface area contributed by atoms with Crippen LogP contribution in [0.25, 0.3) is 0 Å². The van der Waals surface area contributed by atoms with Gasteiger partial charge in [-0.2, -0.15) is 0 Å². The van der Waals surface area contributed by atoms with Crippen molar-refractivity contribution in [2.24, 2.45) is 5.92 Å². The predicted molar refractivity (Wildman–Crippen MR) is 78.0 cm³/mol. The van der Waals surface area contributed by atoms with E-state index in [1.165, 1.54) is 21.3 Å². The van der Waals surface area contributed by atoms with Gasteiger partial charge in [-0.3, -0.25) is 14.4 Å². The van der Waals surface area contributed by atoms with Gasteiger partial charge < -0.3 is 14.2 Å². The highest BCUT2D eigenvalue weighted by Gasteiger charge is 2.36. The molecule has 0 aliphatic heterocycles. The third-order valence-electron chi connectivity index (χ3n) is 3.41. The Morgan fingerprint density at radius 2 is 1.50 bits per heavy atom. The second kappa shape index (κ2) is 8.81. The van der Waals surface area contributed by atoms with Crippen LogP contribution in [0.3, 0.4) is 0 Å². The van der Waals surface area contributed by atoms with Gasteiger partial charge in [-0.1, -0.05) is 30.3 Å². The quantitative estimate of drug-likeness (QED) is 0.563. The van der Waals surface area contributed by atoms with Crippen LogP contribution in [-0.4, -0.2) is 39.2 Å². The monoisotopic (exact) mass is 308 g/mol. The van der Waals surface area contributed by atoms with Gasteiger partial charge in [-0.15, -0.1) is 0 Å². The molecular formula is C16H20O6. The van der Waals surface area contributed by atoms with E-state index in [0.29, 0.717) is 5.56 Å². The van der Waals surface area contributed by atoms with E-state index in [-0.39, 0.29) is 12.8 Å². The number of carbonyl (C=O) groups excluding carboxylic acids is 3. The zero-order chi connectivity index (χ0) is 16.5. The molecule has 0 aliphatic rings. The van der Waals surface area contributed by atoms with Crippen molar-refractivity contribution in [1.29, 1.82) is 0 Å². The lowest BCUT2D eigenvalue weighted by Crippen LogP contribution is -2.30. The molecule has 0 radical (unpaired) electrons. The second-order valence-electron chi connectivity index (χ2n) is 4.66. The van der Waals surface area contributed by atoms with Crippen LogP contribution >= 0.6 is 0 Å². The Labute approximate surface area is 129 Å². The molecule has 2 atom stereocenters.